The number of guanidine groups is 1. The molecule has 12 atom stereocenters. The standard InChI is InChI=1S/C52H93N15O18.C42H58N12O8/c1-3-4-18-35(48(79)54-2)59-50(81)37(27-56-44(73)29-67(30-46(75)76)31-47(77)78)61-52(83)39(33-69)62-49(80)36(21-22-40(53)70)60-51(82)38(32-68)58-43(72)28-57-45(74)34-85-26-25-84-24-23-55-42(71)20-17-15-13-11-9-7-5-6-8-10-12-14-16-19-41-63-65-66-64-41;43-28-15-16-35(56)47-17-7-6-13-30(36(44)57)50-39(60)33(20-25-22-49-29-12-5-4-11-27(25)29)52-37(58)31(14-8-18-48-42(45)46)51-38(59)32(19-24-9-2-1-3-10-24)53-40(61)34-21-26(55)23-54(34)41(28)62/h35-39,65-66,68-69H,3-34H2,1-2H3,(H2,53,70)(H,54,79)(H,55,71)(H,56,73)(H,57,74)(H,58,72)(H,59,81)(H,60,82)(H,61,83)(H,62,80)(H,63,64)(H,75,76)(H,77,78);1-5,9-12,22,26,28,30-34,49,55H,6-8,13-21,23,43H2,(H2,44,57)(H,47,56)(H,50,60)(H,51,59)(H,52,58)(H,53,61)(H4,45,46,48)/t;26-,28?,30?,31?,32-,33?,34?/m.1/s1. The minimum Gasteiger partial charge on any atom is -0.480 e. The first-order valence-electron chi connectivity index (χ1n) is 49.7. The van der Waals surface area contributed by atoms with Gasteiger partial charge in [0.2, 0.25) is 100 Å². The SMILES string of the molecule is CCCCC(NC(=O)C(CNC(=O)CN(CC(=O)O)CC(=O)O)NC(=O)C(CO)NC(=O)C(CCC(N)=O)NC(=O)C(CO)NC(=O)CNC(=O)COCCOCCNC(=O)CCCCCCCCCCCCCCCC1=NNNN1)C(=O)NC.NC(=O)C1CCCCNC(=O)CCC(N)C(=O)N2C[C@H](O)CC2C(=O)N[C@H](Cc2ccccc2)C(=O)NC(CCCN=C(N)N)C(=O)NC(Cc2c[nH]c3ccccc23)C(=O)N1. The van der Waals surface area contributed by atoms with Gasteiger partial charge in [0.1, 0.15) is 72.9 Å². The zero-order chi connectivity index (χ0) is 108. The number of primary amides is 2. The molecule has 2 aromatic carbocycles. The summed E-state index contributed by atoms with van der Waals surface area (Å²) in [6, 6.07) is 0.587. The summed E-state index contributed by atoms with van der Waals surface area (Å²) in [5, 5.41) is 88.6. The van der Waals surface area contributed by atoms with Crippen LogP contribution in [0.3, 0.4) is 0 Å². The van der Waals surface area contributed by atoms with Crippen molar-refractivity contribution < 1.29 is 126 Å². The van der Waals surface area contributed by atoms with Gasteiger partial charge in [-0.3, -0.25) is 106 Å². The van der Waals surface area contributed by atoms with E-state index in [0.29, 0.717) is 49.8 Å². The Labute approximate surface area is 851 Å². The highest BCUT2D eigenvalue weighted by Crippen LogP contribution is 2.24. The number of carboxylic acid groups (broad SMARTS) is 2. The Morgan fingerprint density at radius 3 is 1.78 bits per heavy atom. The number of amides is 17. The van der Waals surface area contributed by atoms with Gasteiger partial charge in [-0.15, -0.1) is 10.6 Å². The topological polar surface area (TPSA) is 826 Å². The molecule has 3 aliphatic heterocycles. The number of amidine groups is 1. The number of benzene rings is 2. The van der Waals surface area contributed by atoms with Gasteiger partial charge in [0, 0.05) is 102 Å². The highest BCUT2D eigenvalue weighted by molar-refractivity contribution is 6.00. The van der Waals surface area contributed by atoms with E-state index < -0.39 is 238 Å². The lowest BCUT2D eigenvalue weighted by molar-refractivity contribution is -0.143. The Morgan fingerprint density at radius 2 is 1.16 bits per heavy atom. The van der Waals surface area contributed by atoms with Crippen molar-refractivity contribution in [3.63, 3.8) is 0 Å². The van der Waals surface area contributed by atoms with Crippen LogP contribution < -0.4 is 120 Å². The Kier molecular flexibility index (Phi) is 58.9. The van der Waals surface area contributed by atoms with Gasteiger partial charge in [-0.1, -0.05) is 139 Å². The van der Waals surface area contributed by atoms with Crippen LogP contribution in [0.5, 0.6) is 0 Å². The number of likely N-dealkylation sites (N-methyl/N-ethyl adjacent to an activating group) is 1. The maximum atomic E-state index is 14.4. The lowest BCUT2D eigenvalue weighted by Gasteiger charge is -2.29. The summed E-state index contributed by atoms with van der Waals surface area (Å²) in [7, 11) is 1.31. The molecular formula is C94H151N27O26. The lowest BCUT2D eigenvalue weighted by Crippen LogP contribution is -2.62. The smallest absolute Gasteiger partial charge is 0.317 e. The monoisotopic (exact) mass is 2070 g/mol. The summed E-state index contributed by atoms with van der Waals surface area (Å²) < 4.78 is 10.7. The first kappa shape index (κ1) is 124. The molecule has 0 bridgehead atoms. The first-order valence-corrected chi connectivity index (χ1v) is 49.7. The van der Waals surface area contributed by atoms with Crippen LogP contribution in [0.2, 0.25) is 0 Å². The molecule has 0 radical (unpaired) electrons. The fraction of sp³-hybridized carbons (Fsp3) is 0.628. The number of ether oxygens (including phenoxy) is 2. The summed E-state index contributed by atoms with van der Waals surface area (Å²) in [5.74, 6) is -15.9. The molecule has 0 saturated carbocycles. The third-order valence-electron chi connectivity index (χ3n) is 23.8. The van der Waals surface area contributed by atoms with Crippen molar-refractivity contribution in [2.75, 3.05) is 106 Å². The Balaban J connectivity index is 0.000000540. The normalized spacial score (nSPS) is 18.5. The van der Waals surface area contributed by atoms with Gasteiger partial charge >= 0.3 is 11.9 Å². The third kappa shape index (κ3) is 50.2. The summed E-state index contributed by atoms with van der Waals surface area (Å²) in [4.78, 5) is 256. The highest BCUT2D eigenvalue weighted by Gasteiger charge is 2.43. The summed E-state index contributed by atoms with van der Waals surface area (Å²) >= 11 is 0. The summed E-state index contributed by atoms with van der Waals surface area (Å²) in [5.41, 5.74) is 38.8. The number of aliphatic imine (C=N–C) groups is 1. The first-order chi connectivity index (χ1) is 70.4. The number of aromatic amines is 1. The van der Waals surface area contributed by atoms with Crippen LogP contribution in [-0.4, -0.2) is 343 Å². The fourth-order valence-electron chi connectivity index (χ4n) is 15.8. The molecule has 6 rings (SSSR count). The van der Waals surface area contributed by atoms with Crippen LogP contribution in [0.4, 0.5) is 0 Å². The number of hydrazine groups is 2. The van der Waals surface area contributed by atoms with Gasteiger partial charge in [-0.2, -0.15) is 0 Å². The minimum atomic E-state index is -1.91. The molecule has 17 amide bonds. The second-order valence-electron chi connectivity index (χ2n) is 35.8. The number of aliphatic hydroxyl groups excluding tert-OH is 3. The molecule has 0 spiro atoms. The maximum absolute atomic E-state index is 14.4. The number of nitrogens with zero attached hydrogens (tertiary/aromatic N) is 4. The van der Waals surface area contributed by atoms with E-state index in [0.717, 1.165) is 58.6 Å². The van der Waals surface area contributed by atoms with Gasteiger partial charge in [-0.05, 0) is 81.4 Å². The number of hydrazone groups is 1. The van der Waals surface area contributed by atoms with Crippen molar-refractivity contribution in [3.8, 4) is 0 Å². The molecule has 53 nitrogen and oxygen atoms in total. The second-order valence-corrected chi connectivity index (χ2v) is 35.8. The van der Waals surface area contributed by atoms with Crippen molar-refractivity contribution in [2.45, 2.75) is 272 Å². The lowest BCUT2D eigenvalue weighted by atomic mass is 10.0. The molecule has 147 heavy (non-hydrogen) atoms. The van der Waals surface area contributed by atoms with Crippen LogP contribution in [-0.2, 0) is 113 Å². The van der Waals surface area contributed by atoms with Crippen molar-refractivity contribution in [2.24, 2.45) is 38.8 Å². The van der Waals surface area contributed by atoms with E-state index in [1.165, 1.54) is 64.8 Å². The van der Waals surface area contributed by atoms with E-state index in [1.54, 1.807) is 36.5 Å². The van der Waals surface area contributed by atoms with E-state index in [2.05, 4.69) is 106 Å². The number of aliphatic carboxylic acids is 2. The average Bonchev–Trinajstić information content (AvgIpc) is 1.67. The van der Waals surface area contributed by atoms with Gasteiger partial charge in [0.05, 0.1) is 71.4 Å². The van der Waals surface area contributed by atoms with Crippen molar-refractivity contribution in [3.05, 3.63) is 71.9 Å². The maximum Gasteiger partial charge on any atom is 0.317 e. The number of para-hydroxylation sites is 1. The van der Waals surface area contributed by atoms with E-state index in [9.17, 15) is 106 Å². The summed E-state index contributed by atoms with van der Waals surface area (Å²) in [6.45, 7) is -3.97. The number of carbonyl (C=O) groups is 19. The predicted octanol–water partition coefficient (Wildman–Crippen LogP) is -6.97. The van der Waals surface area contributed by atoms with E-state index >= 15 is 0 Å². The predicted molar refractivity (Wildman–Crippen MR) is 533 cm³/mol. The van der Waals surface area contributed by atoms with E-state index in [-0.39, 0.29) is 115 Å². The fourth-order valence-corrected chi connectivity index (χ4v) is 15.8. The second kappa shape index (κ2) is 70.0. The summed E-state index contributed by atoms with van der Waals surface area (Å²) in [6.07, 6.45) is 18.3. The van der Waals surface area contributed by atoms with E-state index in [4.69, 9.17) is 48.4 Å². The van der Waals surface area contributed by atoms with Crippen molar-refractivity contribution in [1.29, 1.82) is 0 Å². The quantitative estimate of drug-likeness (QED) is 0.0142. The number of nitrogens with two attached hydrogens (primary N) is 5. The zero-order valence-corrected chi connectivity index (χ0v) is 83.5. The molecule has 2 fully saturated rings. The Hall–Kier alpha value is -13.9. The average molecular weight is 2080 g/mol. The highest BCUT2D eigenvalue weighted by atomic mass is 16.5. The number of aromatic nitrogens is 1. The number of hydrogen-bond acceptors (Lipinski definition) is 31. The molecule has 1 aromatic heterocycles. The number of aliphatic hydroxyl groups is 3. The van der Waals surface area contributed by atoms with Crippen LogP contribution in [0, 0.1) is 0 Å². The van der Waals surface area contributed by atoms with Gasteiger partial charge < -0.3 is 148 Å². The Bertz CT molecular complexity index is 4780. The van der Waals surface area contributed by atoms with Crippen LogP contribution in [0.15, 0.2) is 70.9 Å². The number of hydrogen-bond donors (Lipinski definition) is 28. The number of H-pyrrole nitrogens is 1. The molecule has 33 N–H and O–H groups in total. The largest absolute Gasteiger partial charge is 0.480 e. The van der Waals surface area contributed by atoms with E-state index in [1.807, 2.05) is 31.2 Å². The molecule has 3 aromatic rings. The molecule has 53 heteroatoms. The molecule has 2 saturated heterocycles. The third-order valence-corrected chi connectivity index (χ3v) is 23.8. The minimum absolute atomic E-state index is 0.00276. The molecule has 10 unspecified atom stereocenters. The number of carboxylic acids is 2. The Morgan fingerprint density at radius 1 is 0.578 bits per heavy atom. The zero-order valence-electron chi connectivity index (χ0n) is 83.5. The van der Waals surface area contributed by atoms with Crippen LogP contribution >= 0.6 is 0 Å². The number of nitrogens with one attached hydrogen (secondary N) is 18. The molecule has 818 valence electrons. The number of rotatable bonds is 61. The van der Waals surface area contributed by atoms with Crippen molar-refractivity contribution >= 4 is 135 Å². The van der Waals surface area contributed by atoms with Gasteiger partial charge in [0.15, 0.2) is 5.96 Å². The molecule has 3 aliphatic rings. The number of fused-ring (bicyclic) bond motifs is 2. The number of unbranched alkanes of at least 4 members (excludes halogenated alkanes) is 13. The van der Waals surface area contributed by atoms with Crippen LogP contribution in [0.1, 0.15) is 198 Å². The molecular weight excluding hydrogens is 1920 g/mol. The van der Waals surface area contributed by atoms with Gasteiger partial charge in [-0.25, -0.2) is 5.53 Å². The van der Waals surface area contributed by atoms with Crippen LogP contribution in [0.25, 0.3) is 10.9 Å². The molecule has 4 heterocycles. The number of carbonyl (C=O) groups excluding carboxylic acids is 17. The van der Waals surface area contributed by atoms with Crippen molar-refractivity contribution in [1.82, 2.24) is 106 Å². The van der Waals surface area contributed by atoms with Gasteiger partial charge in [0.25, 0.3) is 0 Å². The molecule has 0 aliphatic carbocycles.